The van der Waals surface area contributed by atoms with Gasteiger partial charge in [0.25, 0.3) is 0 Å². The highest BCUT2D eigenvalue weighted by atomic mass is 15.4. The lowest BCUT2D eigenvalue weighted by molar-refractivity contribution is 0.651. The fourth-order valence-corrected chi connectivity index (χ4v) is 1.43. The van der Waals surface area contributed by atoms with E-state index in [0.717, 1.165) is 19.0 Å². The summed E-state index contributed by atoms with van der Waals surface area (Å²) in [5.41, 5.74) is 0. The van der Waals surface area contributed by atoms with Crippen LogP contribution >= 0.6 is 0 Å². The highest BCUT2D eigenvalue weighted by Crippen LogP contribution is 2.13. The van der Waals surface area contributed by atoms with Gasteiger partial charge in [-0.05, 0) is 12.8 Å². The maximum atomic E-state index is 4.04. The topological polar surface area (TPSA) is 34.0 Å². The Morgan fingerprint density at radius 2 is 2.18 bits per heavy atom. The number of nitrogens with zero attached hydrogens (tertiary/aromatic N) is 4. The lowest BCUT2D eigenvalue weighted by Gasteiger charge is -2.13. The molecule has 0 radical (unpaired) electrons. The summed E-state index contributed by atoms with van der Waals surface area (Å²) in [7, 11) is 2.06. The largest absolute Gasteiger partial charge is 0.344 e. The van der Waals surface area contributed by atoms with E-state index in [0.29, 0.717) is 0 Å². The lowest BCUT2D eigenvalue weighted by Crippen LogP contribution is -2.19. The molecular formula is C7H12N4. The van der Waals surface area contributed by atoms with Crippen LogP contribution in [0.3, 0.4) is 0 Å². The number of anilines is 1. The monoisotopic (exact) mass is 152 g/mol. The third-order valence-electron chi connectivity index (χ3n) is 2.08. The number of rotatable bonds is 0. The number of aromatic nitrogens is 3. The molecule has 11 heavy (non-hydrogen) atoms. The number of fused-ring (bicyclic) bond motifs is 1. The van der Waals surface area contributed by atoms with Crippen molar-refractivity contribution >= 4 is 5.95 Å². The van der Waals surface area contributed by atoms with E-state index in [1.54, 1.807) is 6.33 Å². The average Bonchev–Trinajstić information content (AvgIpc) is 2.40. The molecule has 0 bridgehead atoms. The summed E-state index contributed by atoms with van der Waals surface area (Å²) in [5, 5.41) is 7.90. The van der Waals surface area contributed by atoms with Gasteiger partial charge in [0.15, 0.2) is 0 Å². The molecule has 4 heteroatoms. The molecule has 4 nitrogen and oxygen atoms in total. The van der Waals surface area contributed by atoms with Gasteiger partial charge in [0.2, 0.25) is 5.95 Å². The summed E-state index contributed by atoms with van der Waals surface area (Å²) < 4.78 is 2.10. The van der Waals surface area contributed by atoms with Crippen LogP contribution in [-0.2, 0) is 6.54 Å². The summed E-state index contributed by atoms with van der Waals surface area (Å²) in [6, 6.07) is 0. The summed E-state index contributed by atoms with van der Waals surface area (Å²) in [5.74, 6) is 1.00. The predicted molar refractivity (Wildman–Crippen MR) is 42.5 cm³/mol. The fraction of sp³-hybridized carbons (Fsp3) is 0.714. The van der Waals surface area contributed by atoms with E-state index in [-0.39, 0.29) is 0 Å². The molecule has 2 heterocycles. The average molecular weight is 152 g/mol. The first kappa shape index (κ1) is 6.64. The summed E-state index contributed by atoms with van der Waals surface area (Å²) >= 11 is 0. The van der Waals surface area contributed by atoms with Gasteiger partial charge in [-0.2, -0.15) is 0 Å². The van der Waals surface area contributed by atoms with Gasteiger partial charge in [0.1, 0.15) is 6.33 Å². The molecule has 0 aromatic carbocycles. The normalized spacial score (nSPS) is 17.7. The Balaban J connectivity index is 2.34. The van der Waals surface area contributed by atoms with E-state index in [1.165, 1.54) is 12.8 Å². The zero-order valence-electron chi connectivity index (χ0n) is 6.69. The van der Waals surface area contributed by atoms with Crippen molar-refractivity contribution in [3.8, 4) is 0 Å². The minimum absolute atomic E-state index is 1.00. The van der Waals surface area contributed by atoms with Gasteiger partial charge >= 0.3 is 0 Å². The SMILES string of the molecule is CN1CCCCn2cnnc21. The summed E-state index contributed by atoms with van der Waals surface area (Å²) in [6.07, 6.45) is 4.28. The Bertz CT molecular complexity index is 242. The van der Waals surface area contributed by atoms with Crippen LogP contribution in [-0.4, -0.2) is 28.4 Å². The molecule has 0 fully saturated rings. The first-order valence-corrected chi connectivity index (χ1v) is 3.97. The second-order valence-electron chi connectivity index (χ2n) is 2.95. The molecule has 0 saturated heterocycles. The Kier molecular flexibility index (Phi) is 1.52. The van der Waals surface area contributed by atoms with E-state index in [2.05, 4.69) is 26.7 Å². The smallest absolute Gasteiger partial charge is 0.226 e. The molecule has 1 aromatic heterocycles. The Morgan fingerprint density at radius 1 is 1.36 bits per heavy atom. The van der Waals surface area contributed by atoms with Crippen LogP contribution in [0, 0.1) is 0 Å². The number of hydrogen-bond acceptors (Lipinski definition) is 3. The molecule has 1 aromatic rings. The standard InChI is InChI=1S/C7H12N4/c1-10-4-2-3-5-11-6-8-9-7(10)11/h6H,2-5H2,1H3. The van der Waals surface area contributed by atoms with Crippen LogP contribution in [0.4, 0.5) is 5.95 Å². The zero-order chi connectivity index (χ0) is 7.68. The molecule has 0 spiro atoms. The molecule has 0 atom stereocenters. The quantitative estimate of drug-likeness (QED) is 0.543. The third kappa shape index (κ3) is 1.08. The minimum atomic E-state index is 1.00. The van der Waals surface area contributed by atoms with Gasteiger partial charge in [-0.15, -0.1) is 10.2 Å². The van der Waals surface area contributed by atoms with Crippen molar-refractivity contribution in [2.75, 3.05) is 18.5 Å². The summed E-state index contributed by atoms with van der Waals surface area (Å²) in [4.78, 5) is 2.15. The van der Waals surface area contributed by atoms with E-state index in [4.69, 9.17) is 0 Å². The maximum Gasteiger partial charge on any atom is 0.226 e. The van der Waals surface area contributed by atoms with Crippen LogP contribution in [0.1, 0.15) is 12.8 Å². The van der Waals surface area contributed by atoms with Gasteiger partial charge in [-0.25, -0.2) is 0 Å². The molecule has 0 saturated carbocycles. The third-order valence-corrected chi connectivity index (χ3v) is 2.08. The molecule has 0 aliphatic carbocycles. The molecule has 0 N–H and O–H groups in total. The van der Waals surface area contributed by atoms with Crippen molar-refractivity contribution in [3.63, 3.8) is 0 Å². The van der Waals surface area contributed by atoms with Gasteiger partial charge < -0.3 is 4.90 Å². The zero-order valence-corrected chi connectivity index (χ0v) is 6.69. The molecular weight excluding hydrogens is 140 g/mol. The van der Waals surface area contributed by atoms with Crippen LogP contribution in [0.25, 0.3) is 0 Å². The van der Waals surface area contributed by atoms with Crippen molar-refractivity contribution in [2.24, 2.45) is 0 Å². The molecule has 1 aliphatic rings. The van der Waals surface area contributed by atoms with Gasteiger partial charge in [-0.1, -0.05) is 0 Å². The first-order valence-electron chi connectivity index (χ1n) is 3.97. The number of hydrogen-bond donors (Lipinski definition) is 0. The Labute approximate surface area is 65.8 Å². The van der Waals surface area contributed by atoms with Gasteiger partial charge in [0, 0.05) is 20.1 Å². The summed E-state index contributed by atoms with van der Waals surface area (Å²) in [6.45, 7) is 2.16. The Hall–Kier alpha value is -1.06. The molecule has 1 aliphatic heterocycles. The maximum absolute atomic E-state index is 4.04. The molecule has 0 amide bonds. The van der Waals surface area contributed by atoms with Gasteiger partial charge in [0.05, 0.1) is 0 Å². The van der Waals surface area contributed by atoms with Crippen LogP contribution in [0.5, 0.6) is 0 Å². The number of aryl methyl sites for hydroxylation is 1. The van der Waals surface area contributed by atoms with E-state index >= 15 is 0 Å². The fourth-order valence-electron chi connectivity index (χ4n) is 1.43. The van der Waals surface area contributed by atoms with Crippen LogP contribution < -0.4 is 4.90 Å². The van der Waals surface area contributed by atoms with Crippen LogP contribution in [0.15, 0.2) is 6.33 Å². The highest BCUT2D eigenvalue weighted by Gasteiger charge is 2.12. The second kappa shape index (κ2) is 2.53. The van der Waals surface area contributed by atoms with E-state index in [9.17, 15) is 0 Å². The first-order chi connectivity index (χ1) is 5.38. The van der Waals surface area contributed by atoms with Crippen molar-refractivity contribution in [1.29, 1.82) is 0 Å². The van der Waals surface area contributed by atoms with Crippen molar-refractivity contribution < 1.29 is 0 Å². The van der Waals surface area contributed by atoms with Crippen molar-refractivity contribution in [3.05, 3.63) is 6.33 Å². The van der Waals surface area contributed by atoms with Crippen molar-refractivity contribution in [2.45, 2.75) is 19.4 Å². The van der Waals surface area contributed by atoms with Gasteiger partial charge in [-0.3, -0.25) is 4.57 Å². The van der Waals surface area contributed by atoms with E-state index in [1.807, 2.05) is 0 Å². The van der Waals surface area contributed by atoms with Crippen molar-refractivity contribution in [1.82, 2.24) is 14.8 Å². The molecule has 60 valence electrons. The minimum Gasteiger partial charge on any atom is -0.344 e. The predicted octanol–water partition coefficient (Wildman–Crippen LogP) is 0.508. The molecule has 0 unspecified atom stereocenters. The van der Waals surface area contributed by atoms with E-state index < -0.39 is 0 Å². The van der Waals surface area contributed by atoms with Crippen LogP contribution in [0.2, 0.25) is 0 Å². The highest BCUT2D eigenvalue weighted by molar-refractivity contribution is 5.27. The lowest BCUT2D eigenvalue weighted by atomic mass is 10.3. The molecule has 2 rings (SSSR count). The Morgan fingerprint density at radius 3 is 3.09 bits per heavy atom. The second-order valence-corrected chi connectivity index (χ2v) is 2.95.